The Morgan fingerprint density at radius 3 is 1.67 bits per heavy atom. The van der Waals surface area contributed by atoms with Crippen molar-refractivity contribution in [2.24, 2.45) is 23.7 Å². The van der Waals surface area contributed by atoms with Crippen LogP contribution in [0.2, 0.25) is 0 Å². The van der Waals surface area contributed by atoms with E-state index in [2.05, 4.69) is 32.6 Å². The van der Waals surface area contributed by atoms with E-state index in [4.69, 9.17) is 37.0 Å². The van der Waals surface area contributed by atoms with E-state index in [1.54, 1.807) is 4.90 Å². The molecule has 4 aliphatic rings. The highest BCUT2D eigenvalue weighted by molar-refractivity contribution is 6.61. The van der Waals surface area contributed by atoms with Gasteiger partial charge in [0.15, 0.2) is 0 Å². The van der Waals surface area contributed by atoms with Crippen LogP contribution < -0.4 is 5.32 Å². The molecule has 2 saturated heterocycles. The Kier molecular flexibility index (Phi) is 23.6. The number of nitrogens with one attached hydrogen (secondary N) is 1. The van der Waals surface area contributed by atoms with E-state index < -0.39 is 17.0 Å². The van der Waals surface area contributed by atoms with Crippen LogP contribution in [0.4, 0.5) is 9.59 Å². The number of piperidine rings is 2. The van der Waals surface area contributed by atoms with Gasteiger partial charge in [-0.2, -0.15) is 0 Å². The second-order valence-corrected chi connectivity index (χ2v) is 17.5. The summed E-state index contributed by atoms with van der Waals surface area (Å²) in [4.78, 5) is 44.6. The fourth-order valence-corrected chi connectivity index (χ4v) is 5.46. The van der Waals surface area contributed by atoms with Gasteiger partial charge in [-0.25, -0.2) is 14.4 Å². The van der Waals surface area contributed by atoms with Crippen molar-refractivity contribution in [2.75, 3.05) is 39.4 Å². The van der Waals surface area contributed by atoms with E-state index in [1.807, 2.05) is 69.2 Å². The number of carbonyl (C=O) groups excluding carboxylic acids is 4. The highest BCUT2D eigenvalue weighted by atomic mass is 35.5. The van der Waals surface area contributed by atoms with Crippen LogP contribution in [0.15, 0.2) is 0 Å². The van der Waals surface area contributed by atoms with Gasteiger partial charge in [0.2, 0.25) is 0 Å². The van der Waals surface area contributed by atoms with Gasteiger partial charge in [0, 0.05) is 42.4 Å². The zero-order chi connectivity index (χ0) is 41.6. The Labute approximate surface area is 336 Å². The minimum atomic E-state index is -0.723. The molecule has 0 aromatic heterocycles. The lowest BCUT2D eigenvalue weighted by atomic mass is 9.82. The van der Waals surface area contributed by atoms with Gasteiger partial charge in [0.25, 0.3) is 6.47 Å². The normalized spacial score (nSPS) is 22.4. The van der Waals surface area contributed by atoms with Crippen molar-refractivity contribution in [3.05, 3.63) is 0 Å². The van der Waals surface area contributed by atoms with E-state index in [0.717, 1.165) is 64.5 Å². The summed E-state index contributed by atoms with van der Waals surface area (Å²) < 4.78 is 31.4. The van der Waals surface area contributed by atoms with Crippen molar-refractivity contribution in [1.82, 2.24) is 10.2 Å². The third-order valence-corrected chi connectivity index (χ3v) is 8.54. The Morgan fingerprint density at radius 2 is 1.27 bits per heavy atom. The van der Waals surface area contributed by atoms with Gasteiger partial charge in [-0.3, -0.25) is 4.79 Å². The third kappa shape index (κ3) is 25.7. The molecular weight excluding hydrogens is 728 g/mol. The number of esters is 1. The Balaban J connectivity index is 0.000000405. The highest BCUT2D eigenvalue weighted by Gasteiger charge is 2.34. The Hall–Kier alpha value is -3.03. The van der Waals surface area contributed by atoms with E-state index in [9.17, 15) is 19.2 Å². The number of amides is 1. The molecule has 2 aliphatic carbocycles. The van der Waals surface area contributed by atoms with Crippen molar-refractivity contribution >= 4 is 35.6 Å². The molecule has 314 valence electrons. The van der Waals surface area contributed by atoms with Crippen LogP contribution in [0, 0.1) is 47.9 Å². The average Bonchev–Trinajstić information content (AvgIpc) is 3.05. The quantitative estimate of drug-likeness (QED) is 0.0619. The number of hydrogen-bond donors (Lipinski definition) is 1. The third-order valence-electron chi connectivity index (χ3n) is 8.43. The minimum Gasteiger partial charge on any atom is -0.462 e. The first-order chi connectivity index (χ1) is 25.7. The first-order valence-corrected chi connectivity index (χ1v) is 20.1. The summed E-state index contributed by atoms with van der Waals surface area (Å²) in [6.45, 7) is 23.9. The Morgan fingerprint density at radius 1 is 0.782 bits per heavy atom. The molecule has 0 spiro atoms. The lowest BCUT2D eigenvalue weighted by molar-refractivity contribution is -0.139. The Bertz CT molecular complexity index is 1230. The first-order valence-electron chi connectivity index (χ1n) is 19.8. The SMILES string of the molecule is C#CC1CC(OC2CCN(C(=O)OC(C)(C)C)CC2)C1.CC(C)(C)OC=O.CC(C)COC(=O)C#CC1CC(OC2CCNCC2)C1.CC(C)COC(=O)Cl. The van der Waals surface area contributed by atoms with Crippen LogP contribution in [0.3, 0.4) is 0 Å². The van der Waals surface area contributed by atoms with Crippen LogP contribution >= 0.6 is 11.6 Å². The highest BCUT2D eigenvalue weighted by Crippen LogP contribution is 2.32. The number of halogens is 1. The number of carbonyl (C=O) groups is 4. The second kappa shape index (κ2) is 26.0. The number of terminal acetylenes is 1. The molecule has 1 N–H and O–H groups in total. The van der Waals surface area contributed by atoms with Gasteiger partial charge in [0.05, 0.1) is 37.6 Å². The lowest BCUT2D eigenvalue weighted by Crippen LogP contribution is -2.45. The van der Waals surface area contributed by atoms with Crippen LogP contribution in [-0.4, -0.2) is 104 Å². The summed E-state index contributed by atoms with van der Waals surface area (Å²) in [7, 11) is 0. The van der Waals surface area contributed by atoms with Crippen LogP contribution in [0.5, 0.6) is 0 Å². The summed E-state index contributed by atoms with van der Waals surface area (Å²) in [5.41, 5.74) is -1.47. The summed E-state index contributed by atoms with van der Waals surface area (Å²) >= 11 is 4.86. The van der Waals surface area contributed by atoms with Crippen molar-refractivity contribution < 1.29 is 47.6 Å². The molecule has 4 fully saturated rings. The molecule has 13 heteroatoms. The largest absolute Gasteiger partial charge is 0.462 e. The number of rotatable bonds is 9. The van der Waals surface area contributed by atoms with Crippen LogP contribution in [0.25, 0.3) is 0 Å². The van der Waals surface area contributed by atoms with Gasteiger partial charge < -0.3 is 38.6 Å². The maximum absolute atomic E-state index is 11.9. The maximum atomic E-state index is 11.9. The van der Waals surface area contributed by atoms with Crippen LogP contribution in [-0.2, 0) is 38.0 Å². The van der Waals surface area contributed by atoms with Gasteiger partial charge in [-0.05, 0) is 118 Å². The van der Waals surface area contributed by atoms with Crippen LogP contribution in [0.1, 0.15) is 121 Å². The molecule has 0 atom stereocenters. The number of nitrogens with zero attached hydrogens (tertiary/aromatic N) is 1. The zero-order valence-electron chi connectivity index (χ0n) is 35.1. The van der Waals surface area contributed by atoms with Gasteiger partial charge in [0.1, 0.15) is 11.2 Å². The molecule has 55 heavy (non-hydrogen) atoms. The standard InChI is InChI=1S/2C16H25NO3.C5H9ClO2.C5H10O2/c1-5-12-10-14(11-12)19-13-6-8-17(9-7-13)15(18)20-16(2,3)4;1-12(2)11-19-16(18)4-3-13-9-15(10-13)20-14-5-7-17-8-6-14;1-4(2)3-8-5(6)7;1-5(2,3)7-4-6/h1,12-14H,6-11H2,2-4H3;12-15,17H,5-11H2,1-2H3;4H,3H2,1-2H3;4H,1-3H3. The first kappa shape index (κ1) is 50.0. The minimum absolute atomic E-state index is 0.216. The molecule has 2 aliphatic heterocycles. The summed E-state index contributed by atoms with van der Waals surface area (Å²) in [6, 6.07) is 0. The number of likely N-dealkylation sites (tertiary alicyclic amines) is 1. The molecular formula is C42H69ClN2O10. The molecule has 0 aromatic carbocycles. The fraction of sp³-hybridized carbons (Fsp3) is 0.810. The zero-order valence-corrected chi connectivity index (χ0v) is 35.8. The molecule has 0 unspecified atom stereocenters. The average molecular weight is 797 g/mol. The van der Waals surface area contributed by atoms with E-state index in [-0.39, 0.29) is 17.8 Å². The number of ether oxygens (including phenoxy) is 6. The van der Waals surface area contributed by atoms with E-state index in [0.29, 0.717) is 74.8 Å². The molecule has 0 aromatic rings. The fourth-order valence-electron chi connectivity index (χ4n) is 5.40. The molecule has 12 nitrogen and oxygen atoms in total. The van der Waals surface area contributed by atoms with Gasteiger partial charge >= 0.3 is 17.5 Å². The van der Waals surface area contributed by atoms with Crippen molar-refractivity contribution in [3.63, 3.8) is 0 Å². The van der Waals surface area contributed by atoms with Crippen molar-refractivity contribution in [1.29, 1.82) is 0 Å². The van der Waals surface area contributed by atoms with E-state index >= 15 is 0 Å². The summed E-state index contributed by atoms with van der Waals surface area (Å²) in [5, 5.41) is 3.33. The molecule has 0 bridgehead atoms. The maximum Gasteiger partial charge on any atom is 0.410 e. The number of hydrogen-bond acceptors (Lipinski definition) is 11. The molecule has 0 radical (unpaired) electrons. The smallest absolute Gasteiger partial charge is 0.410 e. The molecule has 1 amide bonds. The second-order valence-electron chi connectivity index (χ2n) is 17.2. The summed E-state index contributed by atoms with van der Waals surface area (Å²) in [5.74, 6) is 9.36. The molecule has 2 heterocycles. The van der Waals surface area contributed by atoms with Gasteiger partial charge in [-0.15, -0.1) is 12.3 Å². The predicted octanol–water partition coefficient (Wildman–Crippen LogP) is 7.53. The predicted molar refractivity (Wildman–Crippen MR) is 213 cm³/mol. The topological polar surface area (TPSA) is 139 Å². The molecule has 2 saturated carbocycles. The summed E-state index contributed by atoms with van der Waals surface area (Å²) in [6.07, 6.45) is 14.4. The van der Waals surface area contributed by atoms with E-state index in [1.165, 1.54) is 0 Å². The molecule has 4 rings (SSSR count). The van der Waals surface area contributed by atoms with Crippen molar-refractivity contribution in [3.8, 4) is 24.2 Å². The van der Waals surface area contributed by atoms with Crippen molar-refractivity contribution in [2.45, 2.75) is 156 Å². The lowest BCUT2D eigenvalue weighted by Gasteiger charge is -2.38. The van der Waals surface area contributed by atoms with Gasteiger partial charge in [-0.1, -0.05) is 33.6 Å². The monoisotopic (exact) mass is 796 g/mol.